The van der Waals surface area contributed by atoms with Crippen LogP contribution in [0, 0.1) is 0 Å². The highest BCUT2D eigenvalue weighted by molar-refractivity contribution is 7.88. The van der Waals surface area contributed by atoms with Gasteiger partial charge in [0.1, 0.15) is 0 Å². The lowest BCUT2D eigenvalue weighted by atomic mass is 10.1. The third-order valence-corrected chi connectivity index (χ3v) is 3.10. The van der Waals surface area contributed by atoms with E-state index in [2.05, 4.69) is 10.0 Å². The van der Waals surface area contributed by atoms with Gasteiger partial charge >= 0.3 is 5.97 Å². The third-order valence-electron chi connectivity index (χ3n) is 2.37. The summed E-state index contributed by atoms with van der Waals surface area (Å²) in [7, 11) is -3.20. The third kappa shape index (κ3) is 5.45. The van der Waals surface area contributed by atoms with Gasteiger partial charge in [-0.25, -0.2) is 17.9 Å². The molecule has 20 heavy (non-hydrogen) atoms. The molecule has 4 N–H and O–H groups in total. The molecule has 8 heteroatoms. The Morgan fingerprint density at radius 3 is 2.60 bits per heavy atom. The molecule has 1 rings (SSSR count). The summed E-state index contributed by atoms with van der Waals surface area (Å²) >= 11 is 0. The molecule has 112 valence electrons. The number of carbonyl (C=O) groups is 1. The van der Waals surface area contributed by atoms with Crippen molar-refractivity contribution in [2.24, 2.45) is 0 Å². The molecule has 0 saturated heterocycles. The van der Waals surface area contributed by atoms with Crippen LogP contribution in [0.15, 0.2) is 18.2 Å². The molecule has 0 unspecified atom stereocenters. The molecule has 0 aliphatic carbocycles. The molecule has 0 spiro atoms. The van der Waals surface area contributed by atoms with E-state index in [0.717, 1.165) is 6.26 Å². The van der Waals surface area contributed by atoms with E-state index in [0.29, 0.717) is 30.1 Å². The lowest BCUT2D eigenvalue weighted by molar-refractivity contribution is 0.0526. The number of esters is 1. The van der Waals surface area contributed by atoms with E-state index in [1.807, 2.05) is 0 Å². The molecule has 0 atom stereocenters. The highest BCUT2D eigenvalue weighted by Crippen LogP contribution is 2.20. The number of sulfonamides is 1. The van der Waals surface area contributed by atoms with Gasteiger partial charge < -0.3 is 15.8 Å². The summed E-state index contributed by atoms with van der Waals surface area (Å²) in [6.07, 6.45) is 1.09. The van der Waals surface area contributed by atoms with E-state index < -0.39 is 16.0 Å². The minimum atomic E-state index is -3.20. The summed E-state index contributed by atoms with van der Waals surface area (Å²) in [5.41, 5.74) is 7.22. The van der Waals surface area contributed by atoms with Crippen LogP contribution in [-0.2, 0) is 14.8 Å². The zero-order valence-corrected chi connectivity index (χ0v) is 12.3. The Hall–Kier alpha value is -1.80. The second kappa shape index (κ2) is 7.11. The number of nitrogens with one attached hydrogen (secondary N) is 2. The van der Waals surface area contributed by atoms with Crippen LogP contribution in [0.5, 0.6) is 0 Å². The van der Waals surface area contributed by atoms with Crippen molar-refractivity contribution in [3.05, 3.63) is 23.8 Å². The van der Waals surface area contributed by atoms with E-state index in [9.17, 15) is 13.2 Å². The Kier molecular flexibility index (Phi) is 5.78. The first-order valence-corrected chi connectivity index (χ1v) is 7.97. The van der Waals surface area contributed by atoms with E-state index in [1.165, 1.54) is 6.07 Å². The number of nitrogen functional groups attached to an aromatic ring is 1. The van der Waals surface area contributed by atoms with Gasteiger partial charge in [0, 0.05) is 13.1 Å². The van der Waals surface area contributed by atoms with Gasteiger partial charge in [0.05, 0.1) is 29.8 Å². The predicted molar refractivity (Wildman–Crippen MR) is 78.1 cm³/mol. The Morgan fingerprint density at radius 1 is 1.35 bits per heavy atom. The van der Waals surface area contributed by atoms with Crippen molar-refractivity contribution in [1.29, 1.82) is 0 Å². The smallest absolute Gasteiger partial charge is 0.338 e. The number of carbonyl (C=O) groups excluding carboxylic acids is 1. The van der Waals surface area contributed by atoms with Crippen LogP contribution in [0.25, 0.3) is 0 Å². The SMILES string of the molecule is CCOC(=O)c1ccc(NCCNS(C)(=O)=O)c(N)c1. The van der Waals surface area contributed by atoms with Crippen molar-refractivity contribution < 1.29 is 17.9 Å². The van der Waals surface area contributed by atoms with Crippen LogP contribution in [0.1, 0.15) is 17.3 Å². The topological polar surface area (TPSA) is 111 Å². The van der Waals surface area contributed by atoms with Crippen LogP contribution >= 0.6 is 0 Å². The molecule has 0 aliphatic heterocycles. The molecule has 0 bridgehead atoms. The minimum absolute atomic E-state index is 0.248. The fourth-order valence-electron chi connectivity index (χ4n) is 1.50. The Labute approximate surface area is 118 Å². The number of ether oxygens (including phenoxy) is 1. The summed E-state index contributed by atoms with van der Waals surface area (Å²) < 4.78 is 29.0. The van der Waals surface area contributed by atoms with Crippen LogP contribution in [0.2, 0.25) is 0 Å². The maximum atomic E-state index is 11.5. The first kappa shape index (κ1) is 16.3. The molecule has 0 aliphatic rings. The van der Waals surface area contributed by atoms with E-state index in [1.54, 1.807) is 19.1 Å². The lowest BCUT2D eigenvalue weighted by Crippen LogP contribution is -2.27. The number of anilines is 2. The summed E-state index contributed by atoms with van der Waals surface area (Å²) in [6, 6.07) is 4.77. The van der Waals surface area contributed by atoms with Gasteiger partial charge in [-0.1, -0.05) is 0 Å². The lowest BCUT2D eigenvalue weighted by Gasteiger charge is -2.10. The Morgan fingerprint density at radius 2 is 2.05 bits per heavy atom. The average molecular weight is 301 g/mol. The maximum Gasteiger partial charge on any atom is 0.338 e. The fraction of sp³-hybridized carbons (Fsp3) is 0.417. The van der Waals surface area contributed by atoms with Gasteiger partial charge in [0.15, 0.2) is 0 Å². The summed E-state index contributed by atoms with van der Waals surface area (Å²) in [5.74, 6) is -0.426. The first-order chi connectivity index (χ1) is 9.33. The molecule has 0 heterocycles. The zero-order chi connectivity index (χ0) is 15.2. The summed E-state index contributed by atoms with van der Waals surface area (Å²) in [4.78, 5) is 11.5. The monoisotopic (exact) mass is 301 g/mol. The molecule has 1 aromatic carbocycles. The van der Waals surface area contributed by atoms with Gasteiger partial charge in [-0.15, -0.1) is 0 Å². The van der Waals surface area contributed by atoms with Crippen molar-refractivity contribution in [3.63, 3.8) is 0 Å². The molecule has 0 radical (unpaired) electrons. The predicted octanol–water partition coefficient (Wildman–Crippen LogP) is 0.407. The second-order valence-electron chi connectivity index (χ2n) is 4.12. The average Bonchev–Trinajstić information content (AvgIpc) is 2.35. The van der Waals surface area contributed by atoms with Gasteiger partial charge in [-0.05, 0) is 25.1 Å². The number of hydrogen-bond acceptors (Lipinski definition) is 6. The van der Waals surface area contributed by atoms with Crippen molar-refractivity contribution in [2.75, 3.05) is 37.0 Å². The number of hydrogen-bond donors (Lipinski definition) is 3. The Balaban J connectivity index is 2.58. The highest BCUT2D eigenvalue weighted by Gasteiger charge is 2.08. The normalized spacial score (nSPS) is 11.1. The van der Waals surface area contributed by atoms with Crippen LogP contribution in [0.3, 0.4) is 0 Å². The van der Waals surface area contributed by atoms with Crippen LogP contribution < -0.4 is 15.8 Å². The first-order valence-electron chi connectivity index (χ1n) is 6.08. The van der Waals surface area contributed by atoms with Crippen molar-refractivity contribution in [3.8, 4) is 0 Å². The molecule has 0 amide bonds. The van der Waals surface area contributed by atoms with Gasteiger partial charge in [-0.2, -0.15) is 0 Å². The van der Waals surface area contributed by atoms with E-state index >= 15 is 0 Å². The van der Waals surface area contributed by atoms with Crippen molar-refractivity contribution in [2.45, 2.75) is 6.92 Å². The quantitative estimate of drug-likeness (QED) is 0.382. The maximum absolute atomic E-state index is 11.5. The largest absolute Gasteiger partial charge is 0.462 e. The molecule has 0 aromatic heterocycles. The molecular formula is C12H19N3O4S. The Bertz CT molecular complexity index is 572. The van der Waals surface area contributed by atoms with E-state index in [-0.39, 0.29) is 6.54 Å². The van der Waals surface area contributed by atoms with E-state index in [4.69, 9.17) is 10.5 Å². The van der Waals surface area contributed by atoms with Crippen LogP contribution in [-0.4, -0.2) is 40.3 Å². The van der Waals surface area contributed by atoms with Gasteiger partial charge in [0.25, 0.3) is 0 Å². The van der Waals surface area contributed by atoms with Crippen LogP contribution in [0.4, 0.5) is 11.4 Å². The fourth-order valence-corrected chi connectivity index (χ4v) is 1.97. The molecular weight excluding hydrogens is 282 g/mol. The molecule has 7 nitrogen and oxygen atoms in total. The van der Waals surface area contributed by atoms with Gasteiger partial charge in [0.2, 0.25) is 10.0 Å². The standard InChI is InChI=1S/C12H19N3O4S/c1-3-19-12(16)9-4-5-11(10(13)8-9)14-6-7-15-20(2,17)18/h4-5,8,14-15H,3,6-7,13H2,1-2H3. The molecule has 1 aromatic rings. The summed E-state index contributed by atoms with van der Waals surface area (Å²) in [5, 5.41) is 2.98. The minimum Gasteiger partial charge on any atom is -0.462 e. The van der Waals surface area contributed by atoms with Crippen molar-refractivity contribution >= 4 is 27.4 Å². The number of nitrogens with two attached hydrogens (primary N) is 1. The number of rotatable bonds is 7. The highest BCUT2D eigenvalue weighted by atomic mass is 32.2. The zero-order valence-electron chi connectivity index (χ0n) is 11.5. The van der Waals surface area contributed by atoms with Crippen molar-refractivity contribution in [1.82, 2.24) is 4.72 Å². The number of benzene rings is 1. The molecule has 0 saturated carbocycles. The van der Waals surface area contributed by atoms with Gasteiger partial charge in [-0.3, -0.25) is 0 Å². The summed E-state index contributed by atoms with van der Waals surface area (Å²) in [6.45, 7) is 2.66. The molecule has 0 fully saturated rings. The second-order valence-corrected chi connectivity index (χ2v) is 5.95.